The van der Waals surface area contributed by atoms with E-state index in [4.69, 9.17) is 4.74 Å². The molecule has 4 aromatic rings. The maximum Gasteiger partial charge on any atom is 0.333 e. The van der Waals surface area contributed by atoms with Gasteiger partial charge in [-0.2, -0.15) is 5.26 Å². The molecule has 10 heteroatoms. The number of morpholine rings is 1. The smallest absolute Gasteiger partial charge is 0.333 e. The lowest BCUT2D eigenvalue weighted by atomic mass is 9.81. The zero-order valence-corrected chi connectivity index (χ0v) is 19.2. The van der Waals surface area contributed by atoms with Crippen molar-refractivity contribution in [3.63, 3.8) is 0 Å². The molecule has 0 radical (unpaired) electrons. The van der Waals surface area contributed by atoms with Crippen molar-refractivity contribution in [2.75, 3.05) is 26.3 Å². The molecule has 3 heterocycles. The SMILES string of the molecule is N#CC(c1ccccc1)(c1c([N+](=O)[O-])sc2c1ccc(=O)n2-c1ccc(F)cc1)N1CCOCC1. The molecular formula is C25H19FN4O4S. The van der Waals surface area contributed by atoms with E-state index in [0.717, 1.165) is 11.3 Å². The summed E-state index contributed by atoms with van der Waals surface area (Å²) in [5.41, 5.74) is -0.726. The van der Waals surface area contributed by atoms with Crippen LogP contribution in [0.5, 0.6) is 0 Å². The molecule has 176 valence electrons. The van der Waals surface area contributed by atoms with Crippen molar-refractivity contribution in [2.45, 2.75) is 5.54 Å². The van der Waals surface area contributed by atoms with E-state index in [-0.39, 0.29) is 10.6 Å². The molecule has 1 saturated heterocycles. The van der Waals surface area contributed by atoms with E-state index in [0.29, 0.717) is 47.8 Å². The maximum atomic E-state index is 13.6. The van der Waals surface area contributed by atoms with Crippen LogP contribution in [0.25, 0.3) is 15.9 Å². The number of pyridine rings is 1. The van der Waals surface area contributed by atoms with Crippen LogP contribution in [0.3, 0.4) is 0 Å². The molecule has 0 saturated carbocycles. The largest absolute Gasteiger partial charge is 0.379 e. The number of nitriles is 1. The van der Waals surface area contributed by atoms with E-state index >= 15 is 0 Å². The maximum absolute atomic E-state index is 13.6. The van der Waals surface area contributed by atoms with Crippen LogP contribution in [-0.2, 0) is 10.3 Å². The first-order valence-corrected chi connectivity index (χ1v) is 11.7. The van der Waals surface area contributed by atoms with Gasteiger partial charge >= 0.3 is 5.00 Å². The van der Waals surface area contributed by atoms with Gasteiger partial charge < -0.3 is 4.74 Å². The van der Waals surface area contributed by atoms with Crippen molar-refractivity contribution in [3.8, 4) is 11.8 Å². The standard InChI is InChI=1S/C25H19FN4O4S/c26-18-6-8-19(9-7-18)29-21(31)11-10-20-22(24(30(32)33)35-23(20)29)25(16-27,17-4-2-1-3-5-17)28-12-14-34-15-13-28/h1-11H,12-15H2. The summed E-state index contributed by atoms with van der Waals surface area (Å²) in [6.07, 6.45) is 0. The summed E-state index contributed by atoms with van der Waals surface area (Å²) in [4.78, 5) is 27.0. The predicted octanol–water partition coefficient (Wildman–Crippen LogP) is 4.20. The zero-order valence-electron chi connectivity index (χ0n) is 18.4. The Morgan fingerprint density at radius 1 is 1.06 bits per heavy atom. The summed E-state index contributed by atoms with van der Waals surface area (Å²) in [5, 5.41) is 23.3. The van der Waals surface area contributed by atoms with Crippen LogP contribution < -0.4 is 5.56 Å². The van der Waals surface area contributed by atoms with Crippen molar-refractivity contribution < 1.29 is 14.1 Å². The van der Waals surface area contributed by atoms with Gasteiger partial charge in [0.05, 0.1) is 35.5 Å². The molecule has 0 N–H and O–H groups in total. The fraction of sp³-hybridized carbons (Fsp3) is 0.200. The first-order chi connectivity index (χ1) is 17.0. The highest BCUT2D eigenvalue weighted by atomic mass is 32.1. The van der Waals surface area contributed by atoms with Gasteiger partial charge in [-0.1, -0.05) is 30.3 Å². The number of nitro groups is 1. The summed E-state index contributed by atoms with van der Waals surface area (Å²) < 4.78 is 20.4. The molecule has 1 aliphatic rings. The molecule has 35 heavy (non-hydrogen) atoms. The third-order valence-electron chi connectivity index (χ3n) is 6.17. The highest BCUT2D eigenvalue weighted by molar-refractivity contribution is 7.22. The number of rotatable bonds is 5. The van der Waals surface area contributed by atoms with Crippen LogP contribution >= 0.6 is 11.3 Å². The number of aromatic nitrogens is 1. The van der Waals surface area contributed by atoms with Gasteiger partial charge in [0.25, 0.3) is 5.56 Å². The van der Waals surface area contributed by atoms with Gasteiger partial charge in [0.2, 0.25) is 0 Å². The van der Waals surface area contributed by atoms with E-state index in [9.17, 15) is 24.6 Å². The quantitative estimate of drug-likeness (QED) is 0.307. The van der Waals surface area contributed by atoms with E-state index in [2.05, 4.69) is 6.07 Å². The van der Waals surface area contributed by atoms with Gasteiger partial charge in [-0.15, -0.1) is 0 Å². The Morgan fingerprint density at radius 2 is 1.74 bits per heavy atom. The van der Waals surface area contributed by atoms with Crippen LogP contribution in [0.4, 0.5) is 9.39 Å². The number of halogens is 1. The van der Waals surface area contributed by atoms with Crippen LogP contribution in [0.1, 0.15) is 11.1 Å². The Bertz CT molecular complexity index is 1500. The van der Waals surface area contributed by atoms with Crippen LogP contribution in [0.2, 0.25) is 0 Å². The van der Waals surface area contributed by atoms with Gasteiger partial charge in [-0.05, 0) is 47.2 Å². The highest BCUT2D eigenvalue weighted by Gasteiger charge is 2.48. The summed E-state index contributed by atoms with van der Waals surface area (Å²) in [5.74, 6) is -0.466. The lowest BCUT2D eigenvalue weighted by Crippen LogP contribution is -2.51. The minimum Gasteiger partial charge on any atom is -0.379 e. The van der Waals surface area contributed by atoms with E-state index in [1.165, 1.54) is 41.0 Å². The lowest BCUT2D eigenvalue weighted by Gasteiger charge is -2.40. The average molecular weight is 491 g/mol. The Labute approximate surface area is 203 Å². The summed E-state index contributed by atoms with van der Waals surface area (Å²) >= 11 is 0.834. The van der Waals surface area contributed by atoms with Crippen LogP contribution in [0.15, 0.2) is 71.5 Å². The summed E-state index contributed by atoms with van der Waals surface area (Å²) in [6, 6.07) is 19.5. The molecule has 0 aliphatic carbocycles. The molecule has 1 aliphatic heterocycles. The molecule has 0 bridgehead atoms. The van der Waals surface area contributed by atoms with Gasteiger partial charge in [0.1, 0.15) is 10.6 Å². The Kier molecular flexibility index (Phi) is 5.90. The Balaban J connectivity index is 1.89. The second-order valence-electron chi connectivity index (χ2n) is 8.03. The van der Waals surface area contributed by atoms with Crippen molar-refractivity contribution in [3.05, 3.63) is 104 Å². The van der Waals surface area contributed by atoms with E-state index in [1.807, 2.05) is 11.0 Å². The monoisotopic (exact) mass is 490 g/mol. The molecular weight excluding hydrogens is 471 g/mol. The van der Waals surface area contributed by atoms with Crippen molar-refractivity contribution in [1.82, 2.24) is 9.47 Å². The fourth-order valence-corrected chi connectivity index (χ4v) is 5.82. The topological polar surface area (TPSA) is 101 Å². The van der Waals surface area contributed by atoms with E-state index < -0.39 is 21.8 Å². The van der Waals surface area contributed by atoms with Gasteiger partial charge in [-0.25, -0.2) is 4.39 Å². The first kappa shape index (κ1) is 22.9. The molecule has 1 fully saturated rings. The molecule has 2 aromatic heterocycles. The average Bonchev–Trinajstić information content (AvgIpc) is 3.27. The van der Waals surface area contributed by atoms with Crippen LogP contribution in [0, 0.1) is 27.3 Å². The number of hydrogen-bond acceptors (Lipinski definition) is 7. The fourth-order valence-electron chi connectivity index (χ4n) is 4.64. The number of fused-ring (bicyclic) bond motifs is 1. The molecule has 1 unspecified atom stereocenters. The minimum atomic E-state index is -1.49. The third kappa shape index (κ3) is 3.70. The Hall–Kier alpha value is -3.91. The Morgan fingerprint density at radius 3 is 2.37 bits per heavy atom. The summed E-state index contributed by atoms with van der Waals surface area (Å²) in [6.45, 7) is 1.56. The molecule has 0 spiro atoms. The number of nitrogens with zero attached hydrogens (tertiary/aromatic N) is 4. The number of hydrogen-bond donors (Lipinski definition) is 0. The highest BCUT2D eigenvalue weighted by Crippen LogP contribution is 2.48. The molecule has 8 nitrogen and oxygen atoms in total. The molecule has 5 rings (SSSR count). The van der Waals surface area contributed by atoms with Crippen molar-refractivity contribution in [2.24, 2.45) is 0 Å². The second kappa shape index (κ2) is 9.03. The molecule has 0 amide bonds. The van der Waals surface area contributed by atoms with Gasteiger partial charge in [0.15, 0.2) is 5.54 Å². The molecule has 2 aromatic carbocycles. The van der Waals surface area contributed by atoms with Crippen molar-refractivity contribution >= 4 is 26.6 Å². The van der Waals surface area contributed by atoms with E-state index in [1.54, 1.807) is 24.3 Å². The number of ether oxygens (including phenoxy) is 1. The number of thiophene rings is 1. The van der Waals surface area contributed by atoms with Gasteiger partial charge in [-0.3, -0.25) is 24.4 Å². The first-order valence-electron chi connectivity index (χ1n) is 10.9. The predicted molar refractivity (Wildman–Crippen MR) is 129 cm³/mol. The van der Waals surface area contributed by atoms with Crippen LogP contribution in [-0.4, -0.2) is 40.7 Å². The zero-order chi connectivity index (χ0) is 24.6. The lowest BCUT2D eigenvalue weighted by molar-refractivity contribution is -0.381. The summed E-state index contributed by atoms with van der Waals surface area (Å²) in [7, 11) is 0. The minimum absolute atomic E-state index is 0.217. The third-order valence-corrected chi connectivity index (χ3v) is 7.32. The number of benzene rings is 2. The molecule has 1 atom stereocenters. The second-order valence-corrected chi connectivity index (χ2v) is 9.01. The van der Waals surface area contributed by atoms with Crippen molar-refractivity contribution in [1.29, 1.82) is 5.26 Å². The normalized spacial score (nSPS) is 16.0. The van der Waals surface area contributed by atoms with Gasteiger partial charge in [0, 0.05) is 24.5 Å².